The number of hydrogen-bond donors (Lipinski definition) is 1. The fourth-order valence-electron chi connectivity index (χ4n) is 2.04. The van der Waals surface area contributed by atoms with Crippen molar-refractivity contribution in [2.24, 2.45) is 5.10 Å². The summed E-state index contributed by atoms with van der Waals surface area (Å²) in [6.45, 7) is 6.11. The van der Waals surface area contributed by atoms with Gasteiger partial charge in [0.05, 0.1) is 0 Å². The third kappa shape index (κ3) is 5.91. The molecule has 8 heteroatoms. The minimum Gasteiger partial charge on any atom is -0.339 e. The number of hydrazone groups is 1. The molecule has 1 rings (SSSR count). The Balaban J connectivity index is 2.69. The highest BCUT2D eigenvalue weighted by atomic mass is 19.4. The van der Waals surface area contributed by atoms with E-state index < -0.39 is 11.9 Å². The van der Waals surface area contributed by atoms with Crippen molar-refractivity contribution in [3.05, 3.63) is 0 Å². The van der Waals surface area contributed by atoms with Crippen LogP contribution in [0.1, 0.15) is 26.7 Å². The van der Waals surface area contributed by atoms with Gasteiger partial charge in [-0.05, 0) is 13.3 Å². The number of amides is 1. The third-order valence-electron chi connectivity index (χ3n) is 3.23. The van der Waals surface area contributed by atoms with E-state index in [4.69, 9.17) is 0 Å². The number of rotatable bonds is 6. The van der Waals surface area contributed by atoms with Crippen LogP contribution >= 0.6 is 0 Å². The van der Waals surface area contributed by atoms with Gasteiger partial charge >= 0.3 is 6.18 Å². The molecule has 1 aliphatic heterocycles. The molecule has 0 atom stereocenters. The third-order valence-corrected chi connectivity index (χ3v) is 3.23. The number of carbonyl (C=O) groups is 1. The molecule has 0 spiro atoms. The molecule has 0 aromatic heterocycles. The normalized spacial score (nSPS) is 17.0. The van der Waals surface area contributed by atoms with E-state index in [9.17, 15) is 18.0 Å². The molecule has 1 N–H and O–H groups in total. The van der Waals surface area contributed by atoms with Gasteiger partial charge in [-0.1, -0.05) is 13.3 Å². The molecule has 0 unspecified atom stereocenters. The Morgan fingerprint density at radius 3 is 2.38 bits per heavy atom. The fourth-order valence-corrected chi connectivity index (χ4v) is 2.04. The van der Waals surface area contributed by atoms with Crippen molar-refractivity contribution in [2.45, 2.75) is 32.9 Å². The summed E-state index contributed by atoms with van der Waals surface area (Å²) in [4.78, 5) is 13.7. The molecule has 1 fully saturated rings. The second kappa shape index (κ2) is 8.21. The smallest absolute Gasteiger partial charge is 0.339 e. The molecule has 0 aromatic rings. The SMILES string of the molecule is CCC/C(=N\N(CC)CC(=O)N1CCNCC1)C(F)(F)F. The van der Waals surface area contributed by atoms with E-state index in [0.717, 1.165) is 0 Å². The Morgan fingerprint density at radius 2 is 1.90 bits per heavy atom. The highest BCUT2D eigenvalue weighted by molar-refractivity contribution is 5.89. The lowest BCUT2D eigenvalue weighted by molar-refractivity contribution is -0.133. The van der Waals surface area contributed by atoms with Crippen LogP contribution in [0, 0.1) is 0 Å². The predicted octanol–water partition coefficient (Wildman–Crippen LogP) is 1.46. The second-order valence-electron chi connectivity index (χ2n) is 4.91. The number of nitrogens with zero attached hydrogens (tertiary/aromatic N) is 3. The summed E-state index contributed by atoms with van der Waals surface area (Å²) in [6.07, 6.45) is -4.22. The van der Waals surface area contributed by atoms with Crippen LogP contribution in [0.4, 0.5) is 13.2 Å². The molecule has 0 aliphatic carbocycles. The Kier molecular flexibility index (Phi) is 6.94. The fraction of sp³-hybridized carbons (Fsp3) is 0.846. The topological polar surface area (TPSA) is 47.9 Å². The molecular weight excluding hydrogens is 285 g/mol. The van der Waals surface area contributed by atoms with Crippen LogP contribution < -0.4 is 5.32 Å². The number of carbonyl (C=O) groups excluding carboxylic acids is 1. The van der Waals surface area contributed by atoms with Crippen molar-refractivity contribution in [2.75, 3.05) is 39.3 Å². The number of halogens is 3. The Labute approximate surface area is 123 Å². The van der Waals surface area contributed by atoms with E-state index in [1.807, 2.05) is 0 Å². The summed E-state index contributed by atoms with van der Waals surface area (Å²) in [6, 6.07) is 0. The first-order valence-electron chi connectivity index (χ1n) is 7.26. The monoisotopic (exact) mass is 308 g/mol. The first-order chi connectivity index (χ1) is 9.88. The average molecular weight is 308 g/mol. The van der Waals surface area contributed by atoms with Crippen LogP contribution in [0.15, 0.2) is 5.10 Å². The maximum Gasteiger partial charge on any atom is 0.431 e. The number of likely N-dealkylation sites (N-methyl/N-ethyl adjacent to an activating group) is 1. The maximum absolute atomic E-state index is 12.8. The van der Waals surface area contributed by atoms with Crippen LogP contribution in [-0.2, 0) is 4.79 Å². The van der Waals surface area contributed by atoms with Crippen molar-refractivity contribution in [3.63, 3.8) is 0 Å². The standard InChI is InChI=1S/C13H23F3N4O/c1-3-5-11(13(14,15)16)18-20(4-2)10-12(21)19-8-6-17-7-9-19/h17H,3-10H2,1-2H3/b18-11+. The van der Waals surface area contributed by atoms with Gasteiger partial charge in [-0.15, -0.1) is 0 Å². The van der Waals surface area contributed by atoms with Crippen molar-refractivity contribution in [3.8, 4) is 0 Å². The molecular formula is C13H23F3N4O. The summed E-state index contributed by atoms with van der Waals surface area (Å²) >= 11 is 0. The first-order valence-corrected chi connectivity index (χ1v) is 7.26. The minimum absolute atomic E-state index is 0.111. The Bertz CT molecular complexity index is 365. The van der Waals surface area contributed by atoms with Crippen molar-refractivity contribution < 1.29 is 18.0 Å². The van der Waals surface area contributed by atoms with Gasteiger partial charge in [0.1, 0.15) is 12.3 Å². The maximum atomic E-state index is 12.8. The van der Waals surface area contributed by atoms with Crippen LogP contribution in [0.2, 0.25) is 0 Å². The molecule has 21 heavy (non-hydrogen) atoms. The number of alkyl halides is 3. The molecule has 0 aromatic carbocycles. The lowest BCUT2D eigenvalue weighted by Gasteiger charge is -2.29. The molecule has 5 nitrogen and oxygen atoms in total. The zero-order valence-corrected chi connectivity index (χ0v) is 12.5. The quantitative estimate of drug-likeness (QED) is 0.597. The zero-order chi connectivity index (χ0) is 15.9. The van der Waals surface area contributed by atoms with Crippen LogP contribution in [0.5, 0.6) is 0 Å². The molecule has 1 heterocycles. The Morgan fingerprint density at radius 1 is 1.29 bits per heavy atom. The van der Waals surface area contributed by atoms with Gasteiger partial charge in [-0.2, -0.15) is 18.3 Å². The van der Waals surface area contributed by atoms with Gasteiger partial charge < -0.3 is 10.2 Å². The summed E-state index contributed by atoms with van der Waals surface area (Å²) in [5, 5.41) is 7.97. The Hall–Kier alpha value is -1.31. The molecule has 0 saturated carbocycles. The van der Waals surface area contributed by atoms with Crippen LogP contribution in [0.3, 0.4) is 0 Å². The van der Waals surface area contributed by atoms with Crippen LogP contribution in [0.25, 0.3) is 0 Å². The highest BCUT2D eigenvalue weighted by Gasteiger charge is 2.35. The number of nitrogens with one attached hydrogen (secondary N) is 1. The molecule has 0 bridgehead atoms. The summed E-state index contributed by atoms with van der Waals surface area (Å²) in [5.41, 5.74) is -0.819. The van der Waals surface area contributed by atoms with Crippen molar-refractivity contribution in [1.82, 2.24) is 15.2 Å². The summed E-state index contributed by atoms with van der Waals surface area (Å²) in [5.74, 6) is -0.180. The summed E-state index contributed by atoms with van der Waals surface area (Å²) in [7, 11) is 0. The highest BCUT2D eigenvalue weighted by Crippen LogP contribution is 2.21. The lowest BCUT2D eigenvalue weighted by Crippen LogP contribution is -2.49. The van der Waals surface area contributed by atoms with E-state index in [2.05, 4.69) is 10.4 Å². The van der Waals surface area contributed by atoms with Gasteiger partial charge in [0.25, 0.3) is 0 Å². The van der Waals surface area contributed by atoms with Crippen molar-refractivity contribution >= 4 is 11.6 Å². The number of piperazine rings is 1. The molecule has 0 radical (unpaired) electrons. The number of hydrogen-bond acceptors (Lipinski definition) is 4. The summed E-state index contributed by atoms with van der Waals surface area (Å²) < 4.78 is 38.5. The van der Waals surface area contributed by atoms with E-state index in [1.165, 1.54) is 5.01 Å². The second-order valence-corrected chi connectivity index (χ2v) is 4.91. The van der Waals surface area contributed by atoms with E-state index in [0.29, 0.717) is 32.6 Å². The van der Waals surface area contributed by atoms with E-state index in [-0.39, 0.29) is 25.4 Å². The zero-order valence-electron chi connectivity index (χ0n) is 12.5. The molecule has 122 valence electrons. The molecule has 1 saturated heterocycles. The van der Waals surface area contributed by atoms with Crippen LogP contribution in [-0.4, -0.2) is 67.0 Å². The largest absolute Gasteiger partial charge is 0.431 e. The van der Waals surface area contributed by atoms with Gasteiger partial charge in [0, 0.05) is 32.7 Å². The van der Waals surface area contributed by atoms with Gasteiger partial charge in [-0.3, -0.25) is 9.80 Å². The van der Waals surface area contributed by atoms with Gasteiger partial charge in [0.2, 0.25) is 5.91 Å². The minimum atomic E-state index is -4.44. The predicted molar refractivity (Wildman–Crippen MR) is 75.1 cm³/mol. The lowest BCUT2D eigenvalue weighted by atomic mass is 10.2. The van der Waals surface area contributed by atoms with Gasteiger partial charge in [0.15, 0.2) is 0 Å². The average Bonchev–Trinajstić information content (AvgIpc) is 2.45. The van der Waals surface area contributed by atoms with Crippen molar-refractivity contribution in [1.29, 1.82) is 0 Å². The molecule has 1 aliphatic rings. The first kappa shape index (κ1) is 17.7. The van der Waals surface area contributed by atoms with E-state index >= 15 is 0 Å². The van der Waals surface area contributed by atoms with E-state index in [1.54, 1.807) is 18.7 Å². The molecule has 1 amide bonds. The van der Waals surface area contributed by atoms with Gasteiger partial charge in [-0.25, -0.2) is 0 Å².